The molecule has 0 unspecified atom stereocenters. The second-order valence-corrected chi connectivity index (χ2v) is 8.37. The monoisotopic (exact) mass is 361 g/mol. The Kier molecular flexibility index (Phi) is 4.16. The zero-order chi connectivity index (χ0) is 18.4. The van der Waals surface area contributed by atoms with Gasteiger partial charge in [-0.2, -0.15) is 0 Å². The molecule has 2 heterocycles. The first-order valence-corrected chi connectivity index (χ1v) is 9.57. The molecule has 0 radical (unpaired) electrons. The van der Waals surface area contributed by atoms with Gasteiger partial charge in [-0.3, -0.25) is 9.59 Å². The summed E-state index contributed by atoms with van der Waals surface area (Å²) in [5.74, 6) is -0.622. The molecule has 2 aromatic rings. The number of carbonyl (C=O) groups is 1. The van der Waals surface area contributed by atoms with Gasteiger partial charge in [0, 0.05) is 10.8 Å². The predicted molar refractivity (Wildman–Crippen MR) is 97.3 cm³/mol. The SMILES string of the molecule is CC(C)c1ccc2cc(C(=O)N[C@@H]3C=CS(=O)(=O)C3)c(=O)[nH]c2c1N. The summed E-state index contributed by atoms with van der Waals surface area (Å²) < 4.78 is 22.8. The van der Waals surface area contributed by atoms with Crippen LogP contribution < -0.4 is 16.6 Å². The third-order valence-corrected chi connectivity index (χ3v) is 5.60. The van der Waals surface area contributed by atoms with E-state index in [1.165, 1.54) is 12.1 Å². The number of hydrogen-bond donors (Lipinski definition) is 3. The fourth-order valence-corrected chi connectivity index (χ4v) is 4.13. The summed E-state index contributed by atoms with van der Waals surface area (Å²) in [6.45, 7) is 4.00. The van der Waals surface area contributed by atoms with Crippen LogP contribution in [0.2, 0.25) is 0 Å². The smallest absolute Gasteiger partial charge is 0.261 e. The number of pyridine rings is 1. The highest BCUT2D eigenvalue weighted by Gasteiger charge is 2.24. The summed E-state index contributed by atoms with van der Waals surface area (Å²) in [5.41, 5.74) is 7.38. The summed E-state index contributed by atoms with van der Waals surface area (Å²) in [6.07, 6.45) is 1.40. The molecule has 8 heteroatoms. The number of carbonyl (C=O) groups excluding carboxylic acids is 1. The van der Waals surface area contributed by atoms with Crippen molar-refractivity contribution in [3.05, 3.63) is 51.2 Å². The van der Waals surface area contributed by atoms with Gasteiger partial charge in [-0.1, -0.05) is 26.0 Å². The molecule has 0 aliphatic carbocycles. The van der Waals surface area contributed by atoms with Gasteiger partial charge in [0.25, 0.3) is 11.5 Å². The molecule has 3 rings (SSSR count). The number of H-pyrrole nitrogens is 1. The van der Waals surface area contributed by atoms with Gasteiger partial charge >= 0.3 is 0 Å². The van der Waals surface area contributed by atoms with Gasteiger partial charge in [0.1, 0.15) is 5.56 Å². The summed E-state index contributed by atoms with van der Waals surface area (Å²) >= 11 is 0. The topological polar surface area (TPSA) is 122 Å². The Morgan fingerprint density at radius 3 is 2.68 bits per heavy atom. The number of anilines is 1. The first kappa shape index (κ1) is 17.2. The third kappa shape index (κ3) is 3.30. The van der Waals surface area contributed by atoms with Gasteiger partial charge in [-0.15, -0.1) is 0 Å². The normalized spacial score (nSPS) is 18.8. The van der Waals surface area contributed by atoms with Gasteiger partial charge < -0.3 is 16.0 Å². The van der Waals surface area contributed by atoms with Crippen LogP contribution in [-0.4, -0.2) is 31.1 Å². The lowest BCUT2D eigenvalue weighted by Gasteiger charge is -2.13. The average Bonchev–Trinajstić information content (AvgIpc) is 2.86. The Labute approximate surface area is 144 Å². The molecule has 1 amide bonds. The first-order chi connectivity index (χ1) is 11.7. The molecule has 1 aliphatic heterocycles. The average molecular weight is 361 g/mol. The van der Waals surface area contributed by atoms with Crippen molar-refractivity contribution in [1.82, 2.24) is 10.3 Å². The van der Waals surface area contributed by atoms with Crippen molar-refractivity contribution in [2.75, 3.05) is 11.5 Å². The Morgan fingerprint density at radius 2 is 2.08 bits per heavy atom. The summed E-state index contributed by atoms with van der Waals surface area (Å²) in [6, 6.07) is 4.50. The molecule has 1 aliphatic rings. The molecule has 7 nitrogen and oxygen atoms in total. The number of nitrogen functional groups attached to an aromatic ring is 1. The molecule has 25 heavy (non-hydrogen) atoms. The molecule has 0 saturated carbocycles. The van der Waals surface area contributed by atoms with E-state index in [1.807, 2.05) is 19.9 Å². The van der Waals surface area contributed by atoms with Crippen molar-refractivity contribution in [2.24, 2.45) is 0 Å². The Balaban J connectivity index is 1.96. The largest absolute Gasteiger partial charge is 0.397 e. The quantitative estimate of drug-likeness (QED) is 0.711. The highest BCUT2D eigenvalue weighted by molar-refractivity contribution is 7.94. The number of benzene rings is 1. The number of fused-ring (bicyclic) bond motifs is 1. The number of aromatic amines is 1. The molecule has 4 N–H and O–H groups in total. The van der Waals surface area contributed by atoms with E-state index in [9.17, 15) is 18.0 Å². The van der Waals surface area contributed by atoms with Crippen molar-refractivity contribution in [2.45, 2.75) is 25.8 Å². The predicted octanol–water partition coefficient (Wildman–Crippen LogP) is 1.27. The van der Waals surface area contributed by atoms with Crippen LogP contribution in [0.4, 0.5) is 5.69 Å². The Hall–Kier alpha value is -2.61. The number of nitrogens with two attached hydrogens (primary N) is 1. The van der Waals surface area contributed by atoms with Crippen LogP contribution in [0.3, 0.4) is 0 Å². The number of hydrogen-bond acceptors (Lipinski definition) is 5. The van der Waals surface area contributed by atoms with Gasteiger partial charge in [0.2, 0.25) is 0 Å². The second-order valence-electron chi connectivity index (χ2n) is 6.44. The lowest BCUT2D eigenvalue weighted by atomic mass is 9.98. The molecule has 0 bridgehead atoms. The maximum atomic E-state index is 12.3. The second kappa shape index (κ2) is 6.03. The van der Waals surface area contributed by atoms with Gasteiger partial charge in [-0.25, -0.2) is 8.42 Å². The number of sulfone groups is 1. The minimum absolute atomic E-state index is 0.0816. The van der Waals surface area contributed by atoms with Gasteiger partial charge in [0.15, 0.2) is 9.84 Å². The Bertz CT molecular complexity index is 1050. The van der Waals surface area contributed by atoms with Crippen molar-refractivity contribution >= 4 is 32.3 Å². The zero-order valence-corrected chi connectivity index (χ0v) is 14.7. The summed E-state index contributed by atoms with van der Waals surface area (Å²) in [5, 5.41) is 4.25. The molecule has 0 spiro atoms. The molecule has 1 atom stereocenters. The van der Waals surface area contributed by atoms with E-state index in [1.54, 1.807) is 6.07 Å². The van der Waals surface area contributed by atoms with Crippen molar-refractivity contribution in [1.29, 1.82) is 0 Å². The molecular formula is C17H19N3O4S. The fraction of sp³-hybridized carbons (Fsp3) is 0.294. The van der Waals surface area contributed by atoms with Crippen molar-refractivity contribution in [3.63, 3.8) is 0 Å². The lowest BCUT2D eigenvalue weighted by molar-refractivity contribution is 0.0946. The standard InChI is InChI=1S/C17H19N3O4S/c1-9(2)12-4-3-10-7-13(17(22)20-15(10)14(12)18)16(21)19-11-5-6-25(23,24)8-11/h3-7,9,11H,8,18H2,1-2H3,(H,19,21)(H,20,22)/t11-/m1/s1. The van der Waals surface area contributed by atoms with Crippen LogP contribution in [0.25, 0.3) is 10.9 Å². The van der Waals surface area contributed by atoms with E-state index in [0.29, 0.717) is 16.6 Å². The van der Waals surface area contributed by atoms with E-state index in [-0.39, 0.29) is 17.2 Å². The zero-order valence-electron chi connectivity index (χ0n) is 13.9. The molecule has 0 saturated heterocycles. The van der Waals surface area contributed by atoms with Crippen LogP contribution in [0.15, 0.2) is 34.5 Å². The van der Waals surface area contributed by atoms with E-state index >= 15 is 0 Å². The number of aromatic nitrogens is 1. The molecule has 0 fully saturated rings. The third-order valence-electron chi connectivity index (χ3n) is 4.21. The fourth-order valence-electron chi connectivity index (χ4n) is 2.90. The van der Waals surface area contributed by atoms with E-state index < -0.39 is 27.3 Å². The van der Waals surface area contributed by atoms with Gasteiger partial charge in [-0.05, 0) is 23.6 Å². The van der Waals surface area contributed by atoms with E-state index in [4.69, 9.17) is 5.73 Å². The minimum Gasteiger partial charge on any atom is -0.397 e. The Morgan fingerprint density at radius 1 is 1.36 bits per heavy atom. The van der Waals surface area contributed by atoms with Crippen molar-refractivity contribution < 1.29 is 13.2 Å². The molecule has 132 valence electrons. The van der Waals surface area contributed by atoms with E-state index in [2.05, 4.69) is 10.3 Å². The first-order valence-electron chi connectivity index (χ1n) is 7.85. The number of nitrogens with one attached hydrogen (secondary N) is 2. The number of rotatable bonds is 3. The maximum absolute atomic E-state index is 12.3. The highest BCUT2D eigenvalue weighted by atomic mass is 32.2. The summed E-state index contributed by atoms with van der Waals surface area (Å²) in [4.78, 5) is 27.3. The van der Waals surface area contributed by atoms with Crippen LogP contribution in [0.5, 0.6) is 0 Å². The lowest BCUT2D eigenvalue weighted by Crippen LogP contribution is -2.38. The minimum atomic E-state index is -3.28. The highest BCUT2D eigenvalue weighted by Crippen LogP contribution is 2.28. The van der Waals surface area contributed by atoms with Crippen LogP contribution in [-0.2, 0) is 9.84 Å². The molecule has 1 aromatic heterocycles. The van der Waals surface area contributed by atoms with Crippen LogP contribution >= 0.6 is 0 Å². The summed E-state index contributed by atoms with van der Waals surface area (Å²) in [7, 11) is -3.28. The number of amides is 1. The van der Waals surface area contributed by atoms with Crippen LogP contribution in [0, 0.1) is 0 Å². The molecule has 1 aromatic carbocycles. The van der Waals surface area contributed by atoms with Gasteiger partial charge in [0.05, 0.1) is 23.0 Å². The van der Waals surface area contributed by atoms with E-state index in [0.717, 1.165) is 11.0 Å². The van der Waals surface area contributed by atoms with Crippen molar-refractivity contribution in [3.8, 4) is 0 Å². The van der Waals surface area contributed by atoms with Crippen LogP contribution in [0.1, 0.15) is 35.7 Å². The maximum Gasteiger partial charge on any atom is 0.261 e. The molecular weight excluding hydrogens is 342 g/mol.